The molecule has 0 saturated heterocycles. The van der Waals surface area contributed by atoms with Crippen molar-refractivity contribution in [1.29, 1.82) is 0 Å². The van der Waals surface area contributed by atoms with E-state index in [1.807, 2.05) is 48.0 Å². The minimum absolute atomic E-state index is 0.152. The molecule has 0 bridgehead atoms. The Labute approximate surface area is 230 Å². The molecule has 0 aliphatic heterocycles. The summed E-state index contributed by atoms with van der Waals surface area (Å²) in [6, 6.07) is 12.6. The van der Waals surface area contributed by atoms with Crippen LogP contribution >= 0.6 is 23.2 Å². The summed E-state index contributed by atoms with van der Waals surface area (Å²) < 4.78 is 2.00. The molecule has 6 nitrogen and oxygen atoms in total. The van der Waals surface area contributed by atoms with Gasteiger partial charge >= 0.3 is 0 Å². The number of imidazole rings is 1. The molecule has 1 aliphatic rings. The molecular weight excluding hydrogens is 505 g/mol. The lowest BCUT2D eigenvalue weighted by atomic mass is 9.89. The second-order valence-electron chi connectivity index (χ2n) is 10.1. The number of aromatic nitrogens is 2. The summed E-state index contributed by atoms with van der Waals surface area (Å²) in [7, 11) is 4.33. The van der Waals surface area contributed by atoms with Crippen molar-refractivity contribution in [3.8, 4) is 0 Å². The van der Waals surface area contributed by atoms with E-state index in [0.29, 0.717) is 40.8 Å². The van der Waals surface area contributed by atoms with E-state index in [4.69, 9.17) is 23.2 Å². The van der Waals surface area contributed by atoms with Crippen LogP contribution in [0.3, 0.4) is 0 Å². The van der Waals surface area contributed by atoms with E-state index in [9.17, 15) is 4.79 Å². The number of anilines is 1. The van der Waals surface area contributed by atoms with E-state index in [-0.39, 0.29) is 5.91 Å². The lowest BCUT2D eigenvalue weighted by Crippen LogP contribution is -2.42. The van der Waals surface area contributed by atoms with Crippen molar-refractivity contribution in [2.45, 2.75) is 64.7 Å². The third kappa shape index (κ3) is 6.49. The molecule has 1 amide bonds. The minimum Gasteiger partial charge on any atom is -0.369 e. The molecule has 2 aromatic carbocycles. The summed E-state index contributed by atoms with van der Waals surface area (Å²) >= 11 is 12.9. The molecule has 0 spiro atoms. The van der Waals surface area contributed by atoms with Crippen LogP contribution < -0.4 is 10.2 Å². The van der Waals surface area contributed by atoms with Gasteiger partial charge in [0, 0.05) is 52.3 Å². The normalized spacial score (nSPS) is 17.7. The van der Waals surface area contributed by atoms with Crippen LogP contribution in [0.1, 0.15) is 59.9 Å². The predicted molar refractivity (Wildman–Crippen MR) is 153 cm³/mol. The van der Waals surface area contributed by atoms with Gasteiger partial charge in [0.1, 0.15) is 5.82 Å². The Balaban J connectivity index is 1.48. The number of hydrogen-bond acceptors (Lipinski definition) is 4. The number of nitrogens with one attached hydrogen (secondary N) is 1. The average Bonchev–Trinajstić information content (AvgIpc) is 3.33. The first-order valence-corrected chi connectivity index (χ1v) is 13.8. The largest absolute Gasteiger partial charge is 0.369 e. The maximum absolute atomic E-state index is 13.3. The molecule has 1 heterocycles. The fourth-order valence-electron chi connectivity index (χ4n) is 5.43. The molecule has 0 unspecified atom stereocenters. The van der Waals surface area contributed by atoms with Crippen molar-refractivity contribution in [2.75, 3.05) is 25.5 Å². The highest BCUT2D eigenvalue weighted by molar-refractivity contribution is 6.31. The summed E-state index contributed by atoms with van der Waals surface area (Å²) in [5, 5.41) is 4.34. The molecule has 1 fully saturated rings. The molecule has 8 heteroatoms. The van der Waals surface area contributed by atoms with Gasteiger partial charge in [0.2, 0.25) is 0 Å². The fraction of sp³-hybridized carbons (Fsp3) is 0.448. The zero-order chi connectivity index (χ0) is 26.5. The molecular formula is C29H37Cl2N5O. The highest BCUT2D eigenvalue weighted by Crippen LogP contribution is 2.34. The smallest absolute Gasteiger partial charge is 0.252 e. The van der Waals surface area contributed by atoms with Crippen molar-refractivity contribution in [1.82, 2.24) is 19.8 Å². The number of benzene rings is 2. The first-order valence-electron chi connectivity index (χ1n) is 13.0. The van der Waals surface area contributed by atoms with Crippen molar-refractivity contribution in [3.05, 3.63) is 81.4 Å². The van der Waals surface area contributed by atoms with Crippen LogP contribution in [0.4, 0.5) is 5.69 Å². The van der Waals surface area contributed by atoms with Gasteiger partial charge in [-0.15, -0.1) is 0 Å². The summed E-state index contributed by atoms with van der Waals surface area (Å²) in [5.41, 5.74) is 3.61. The van der Waals surface area contributed by atoms with Gasteiger partial charge in [0.05, 0.1) is 13.1 Å². The van der Waals surface area contributed by atoms with Crippen LogP contribution in [0.25, 0.3) is 0 Å². The quantitative estimate of drug-likeness (QED) is 0.351. The van der Waals surface area contributed by atoms with Crippen molar-refractivity contribution >= 4 is 34.8 Å². The lowest BCUT2D eigenvalue weighted by Gasteiger charge is -2.40. The van der Waals surface area contributed by atoms with Gasteiger partial charge in [-0.2, -0.15) is 0 Å². The number of hydrogen-bond donors (Lipinski definition) is 1. The summed E-state index contributed by atoms with van der Waals surface area (Å²) in [5.74, 6) is 0.613. The number of carbonyl (C=O) groups is 1. The lowest BCUT2D eigenvalue weighted by molar-refractivity contribution is 0.0949. The number of halogens is 2. The van der Waals surface area contributed by atoms with Crippen molar-refractivity contribution in [2.24, 2.45) is 0 Å². The highest BCUT2D eigenvalue weighted by atomic mass is 35.5. The number of nitrogens with zero attached hydrogens (tertiary/aromatic N) is 4. The Morgan fingerprint density at radius 3 is 2.49 bits per heavy atom. The van der Waals surface area contributed by atoms with E-state index in [1.54, 1.807) is 12.3 Å². The summed E-state index contributed by atoms with van der Waals surface area (Å²) in [4.78, 5) is 22.6. The SMILES string of the molecule is CCN(c1cc(Cl)cc(C(=O)NCc2nccn2Cc2ccccc2Cl)c1C)[C@H]1CC[C@H](N(C)C)CC1. The topological polar surface area (TPSA) is 53.4 Å². The number of amides is 1. The maximum Gasteiger partial charge on any atom is 0.252 e. The average molecular weight is 543 g/mol. The number of carbonyl (C=O) groups excluding carboxylic acids is 1. The second kappa shape index (κ2) is 12.3. The molecule has 1 aliphatic carbocycles. The van der Waals surface area contributed by atoms with Crippen LogP contribution in [0.15, 0.2) is 48.8 Å². The zero-order valence-corrected chi connectivity index (χ0v) is 23.7. The molecule has 3 aromatic rings. The van der Waals surface area contributed by atoms with Gasteiger partial charge in [-0.3, -0.25) is 4.79 Å². The van der Waals surface area contributed by atoms with E-state index < -0.39 is 0 Å². The molecule has 0 atom stereocenters. The third-order valence-corrected chi connectivity index (χ3v) is 8.17. The standard InChI is InChI=1S/C29H37Cl2N5O/c1-5-36(24-12-10-23(11-13-24)34(3)4)27-17-22(30)16-25(20(27)2)29(37)33-18-28-32-14-15-35(28)19-21-8-6-7-9-26(21)31/h6-9,14-17,23-24H,5,10-13,18-19H2,1-4H3,(H,33,37)/t23-,24-. The highest BCUT2D eigenvalue weighted by Gasteiger charge is 2.28. The van der Waals surface area contributed by atoms with Gasteiger partial charge in [-0.25, -0.2) is 4.98 Å². The Hall–Kier alpha value is -2.54. The summed E-state index contributed by atoms with van der Waals surface area (Å²) in [6.45, 7) is 5.97. The Bertz CT molecular complexity index is 1220. The first kappa shape index (κ1) is 27.5. The molecule has 198 valence electrons. The van der Waals surface area contributed by atoms with Crippen LogP contribution in [0, 0.1) is 6.92 Å². The minimum atomic E-state index is -0.152. The van der Waals surface area contributed by atoms with Gasteiger partial charge in [0.25, 0.3) is 5.91 Å². The molecule has 1 aromatic heterocycles. The van der Waals surface area contributed by atoms with Gasteiger partial charge in [-0.1, -0.05) is 41.4 Å². The molecule has 37 heavy (non-hydrogen) atoms. The molecule has 0 radical (unpaired) electrons. The van der Waals surface area contributed by atoms with Crippen LogP contribution in [-0.4, -0.2) is 53.1 Å². The van der Waals surface area contributed by atoms with Gasteiger partial charge in [-0.05, 0) is 83.0 Å². The van der Waals surface area contributed by atoms with E-state index in [1.165, 1.54) is 12.8 Å². The van der Waals surface area contributed by atoms with Gasteiger partial charge in [0.15, 0.2) is 0 Å². The first-order chi connectivity index (χ1) is 17.8. The summed E-state index contributed by atoms with van der Waals surface area (Å²) in [6.07, 6.45) is 8.28. The fourth-order valence-corrected chi connectivity index (χ4v) is 5.83. The monoisotopic (exact) mass is 541 g/mol. The van der Waals surface area contributed by atoms with Gasteiger partial charge < -0.3 is 19.7 Å². The van der Waals surface area contributed by atoms with E-state index in [0.717, 1.165) is 42.0 Å². The second-order valence-corrected chi connectivity index (χ2v) is 10.9. The Morgan fingerprint density at radius 1 is 1.11 bits per heavy atom. The van der Waals surface area contributed by atoms with Crippen molar-refractivity contribution in [3.63, 3.8) is 0 Å². The maximum atomic E-state index is 13.3. The molecule has 1 N–H and O–H groups in total. The third-order valence-electron chi connectivity index (χ3n) is 7.58. The van der Waals surface area contributed by atoms with Crippen LogP contribution in [0.2, 0.25) is 10.0 Å². The Kier molecular flexibility index (Phi) is 9.17. The van der Waals surface area contributed by atoms with Crippen LogP contribution in [-0.2, 0) is 13.1 Å². The predicted octanol–water partition coefficient (Wildman–Crippen LogP) is 6.18. The molecule has 4 rings (SSSR count). The van der Waals surface area contributed by atoms with E-state index >= 15 is 0 Å². The van der Waals surface area contributed by atoms with Crippen LogP contribution in [0.5, 0.6) is 0 Å². The number of rotatable bonds is 9. The Morgan fingerprint density at radius 2 is 1.81 bits per heavy atom. The van der Waals surface area contributed by atoms with Crippen molar-refractivity contribution < 1.29 is 4.79 Å². The zero-order valence-electron chi connectivity index (χ0n) is 22.2. The molecule has 1 saturated carbocycles. The van der Waals surface area contributed by atoms with E-state index in [2.05, 4.69) is 41.1 Å².